The van der Waals surface area contributed by atoms with Crippen molar-refractivity contribution < 1.29 is 4.79 Å². The highest BCUT2D eigenvalue weighted by molar-refractivity contribution is 6.00. The van der Waals surface area contributed by atoms with Gasteiger partial charge in [-0.25, -0.2) is 0 Å². The fourth-order valence-corrected chi connectivity index (χ4v) is 4.49. The summed E-state index contributed by atoms with van der Waals surface area (Å²) in [4.78, 5) is 12.3. The van der Waals surface area contributed by atoms with Crippen molar-refractivity contribution in [2.45, 2.75) is 45.1 Å². The van der Waals surface area contributed by atoms with Crippen molar-refractivity contribution in [2.75, 3.05) is 6.54 Å². The van der Waals surface area contributed by atoms with Crippen LogP contribution in [0.3, 0.4) is 0 Å². The van der Waals surface area contributed by atoms with Crippen LogP contribution in [0.2, 0.25) is 0 Å². The minimum atomic E-state index is -0.160. The van der Waals surface area contributed by atoms with Gasteiger partial charge in [0.2, 0.25) is 0 Å². The molecule has 0 radical (unpaired) electrons. The summed E-state index contributed by atoms with van der Waals surface area (Å²) in [5.74, 6) is 0.558. The lowest BCUT2D eigenvalue weighted by Crippen LogP contribution is -2.48. The van der Waals surface area contributed by atoms with E-state index < -0.39 is 0 Å². The highest BCUT2D eigenvalue weighted by Gasteiger charge is 2.55. The van der Waals surface area contributed by atoms with Gasteiger partial charge in [-0.2, -0.15) is 0 Å². The van der Waals surface area contributed by atoms with Gasteiger partial charge in [0.15, 0.2) is 0 Å². The Balaban J connectivity index is 2.06. The van der Waals surface area contributed by atoms with E-state index in [9.17, 15) is 4.79 Å². The van der Waals surface area contributed by atoms with Crippen LogP contribution in [0.5, 0.6) is 0 Å². The molecule has 3 heteroatoms. The van der Waals surface area contributed by atoms with Gasteiger partial charge in [0.25, 0.3) is 5.91 Å². The second kappa shape index (κ2) is 4.59. The third-order valence-corrected chi connectivity index (χ3v) is 5.38. The van der Waals surface area contributed by atoms with Crippen LogP contribution in [-0.2, 0) is 5.54 Å². The van der Waals surface area contributed by atoms with E-state index in [0.29, 0.717) is 12.5 Å². The standard InChI is InChI=1S/C17H24N2O/c1-16(2,10-11-18)14-8-5-9-17(14)13-7-4-3-6-12(13)15(20)19-17/h3-4,6-7,14H,5,8-11,18H2,1-2H3,(H,19,20). The molecule has 2 aliphatic rings. The Morgan fingerprint density at radius 3 is 2.90 bits per heavy atom. The van der Waals surface area contributed by atoms with Crippen LogP contribution < -0.4 is 11.1 Å². The molecule has 0 aromatic heterocycles. The van der Waals surface area contributed by atoms with Gasteiger partial charge in [0.1, 0.15) is 0 Å². The zero-order chi connectivity index (χ0) is 14.4. The Morgan fingerprint density at radius 2 is 2.15 bits per heavy atom. The number of amides is 1. The molecule has 1 fully saturated rings. The van der Waals surface area contributed by atoms with Crippen molar-refractivity contribution in [1.29, 1.82) is 0 Å². The minimum absolute atomic E-state index is 0.0936. The lowest BCUT2D eigenvalue weighted by atomic mass is 9.66. The molecule has 1 aliphatic carbocycles. The molecular formula is C17H24N2O. The number of nitrogens with one attached hydrogen (secondary N) is 1. The molecule has 1 aromatic carbocycles. The molecule has 1 aromatic rings. The molecule has 3 N–H and O–H groups in total. The number of rotatable bonds is 3. The number of benzene rings is 1. The number of carbonyl (C=O) groups is 1. The summed E-state index contributed by atoms with van der Waals surface area (Å²) in [5.41, 5.74) is 7.86. The normalized spacial score (nSPS) is 28.8. The minimum Gasteiger partial charge on any atom is -0.342 e. The quantitative estimate of drug-likeness (QED) is 0.889. The largest absolute Gasteiger partial charge is 0.342 e. The van der Waals surface area contributed by atoms with E-state index in [2.05, 4.69) is 25.2 Å². The fraction of sp³-hybridized carbons (Fsp3) is 0.588. The van der Waals surface area contributed by atoms with Gasteiger partial charge in [0.05, 0.1) is 5.54 Å². The maximum absolute atomic E-state index is 12.3. The fourth-order valence-electron chi connectivity index (χ4n) is 4.49. The summed E-state index contributed by atoms with van der Waals surface area (Å²) >= 11 is 0. The van der Waals surface area contributed by atoms with Crippen molar-refractivity contribution in [3.8, 4) is 0 Å². The first kappa shape index (κ1) is 13.6. The third-order valence-electron chi connectivity index (χ3n) is 5.38. The highest BCUT2D eigenvalue weighted by Crippen LogP contribution is 2.55. The molecule has 2 atom stereocenters. The highest BCUT2D eigenvalue weighted by atomic mass is 16.2. The number of hydrogen-bond acceptors (Lipinski definition) is 2. The van der Waals surface area contributed by atoms with Crippen LogP contribution in [-0.4, -0.2) is 12.5 Å². The van der Waals surface area contributed by atoms with Crippen LogP contribution >= 0.6 is 0 Å². The summed E-state index contributed by atoms with van der Waals surface area (Å²) in [6.45, 7) is 5.30. The van der Waals surface area contributed by atoms with E-state index in [-0.39, 0.29) is 16.9 Å². The van der Waals surface area contributed by atoms with Crippen molar-refractivity contribution in [3.05, 3.63) is 35.4 Å². The second-order valence-electron chi connectivity index (χ2n) is 6.94. The Labute approximate surface area is 120 Å². The molecule has 1 saturated carbocycles. The van der Waals surface area contributed by atoms with Crippen molar-refractivity contribution >= 4 is 5.91 Å². The summed E-state index contributed by atoms with van der Waals surface area (Å²) in [5, 5.41) is 3.33. The van der Waals surface area contributed by atoms with Gasteiger partial charge in [-0.1, -0.05) is 38.5 Å². The first-order chi connectivity index (χ1) is 9.51. The Kier molecular flexibility index (Phi) is 3.13. The van der Waals surface area contributed by atoms with Crippen LogP contribution in [0.25, 0.3) is 0 Å². The van der Waals surface area contributed by atoms with Gasteiger partial charge in [-0.15, -0.1) is 0 Å². The topological polar surface area (TPSA) is 55.1 Å². The molecule has 108 valence electrons. The number of nitrogens with two attached hydrogens (primary N) is 1. The molecule has 0 saturated heterocycles. The maximum Gasteiger partial charge on any atom is 0.252 e. The Morgan fingerprint density at radius 1 is 1.40 bits per heavy atom. The van der Waals surface area contributed by atoms with Gasteiger partial charge in [-0.05, 0) is 48.8 Å². The van der Waals surface area contributed by atoms with Crippen LogP contribution in [0.15, 0.2) is 24.3 Å². The summed E-state index contributed by atoms with van der Waals surface area (Å²) < 4.78 is 0. The zero-order valence-electron chi connectivity index (χ0n) is 12.4. The smallest absolute Gasteiger partial charge is 0.252 e. The summed E-state index contributed by atoms with van der Waals surface area (Å²) in [7, 11) is 0. The third kappa shape index (κ3) is 1.80. The van der Waals surface area contributed by atoms with Gasteiger partial charge in [0, 0.05) is 5.56 Å². The van der Waals surface area contributed by atoms with E-state index in [1.165, 1.54) is 18.4 Å². The number of fused-ring (bicyclic) bond motifs is 2. The molecule has 0 bridgehead atoms. The van der Waals surface area contributed by atoms with Crippen LogP contribution in [0.1, 0.15) is 55.5 Å². The summed E-state index contributed by atoms with van der Waals surface area (Å²) in [6.07, 6.45) is 4.39. The second-order valence-corrected chi connectivity index (χ2v) is 6.94. The molecular weight excluding hydrogens is 248 g/mol. The monoisotopic (exact) mass is 272 g/mol. The Bertz CT molecular complexity index is 538. The van der Waals surface area contributed by atoms with Gasteiger partial charge < -0.3 is 11.1 Å². The zero-order valence-corrected chi connectivity index (χ0v) is 12.4. The SMILES string of the molecule is CC(C)(CCN)C1CCCC12NC(=O)c1ccccc12. The molecule has 2 unspecified atom stereocenters. The van der Waals surface area contributed by atoms with E-state index in [1.54, 1.807) is 0 Å². The molecule has 1 amide bonds. The molecule has 3 rings (SSSR count). The average molecular weight is 272 g/mol. The average Bonchev–Trinajstić information content (AvgIpc) is 2.95. The van der Waals surface area contributed by atoms with Crippen molar-refractivity contribution in [2.24, 2.45) is 17.1 Å². The van der Waals surface area contributed by atoms with E-state index >= 15 is 0 Å². The van der Waals surface area contributed by atoms with Crippen LogP contribution in [0, 0.1) is 11.3 Å². The molecule has 1 aliphatic heterocycles. The molecule has 20 heavy (non-hydrogen) atoms. The van der Waals surface area contributed by atoms with Crippen molar-refractivity contribution in [1.82, 2.24) is 5.32 Å². The van der Waals surface area contributed by atoms with E-state index in [1.807, 2.05) is 18.2 Å². The van der Waals surface area contributed by atoms with Gasteiger partial charge >= 0.3 is 0 Å². The number of hydrogen-bond donors (Lipinski definition) is 2. The van der Waals surface area contributed by atoms with E-state index in [0.717, 1.165) is 18.4 Å². The van der Waals surface area contributed by atoms with E-state index in [4.69, 9.17) is 5.73 Å². The number of carbonyl (C=O) groups excluding carboxylic acids is 1. The molecule has 1 spiro atoms. The predicted molar refractivity (Wildman–Crippen MR) is 80.4 cm³/mol. The molecule has 1 heterocycles. The lowest BCUT2D eigenvalue weighted by Gasteiger charge is -2.42. The van der Waals surface area contributed by atoms with Gasteiger partial charge in [-0.3, -0.25) is 4.79 Å². The predicted octanol–water partition coefficient (Wildman–Crippen LogP) is 2.80. The molecule has 3 nitrogen and oxygen atoms in total. The summed E-state index contributed by atoms with van der Waals surface area (Å²) in [6, 6.07) is 8.08. The Hall–Kier alpha value is -1.35. The van der Waals surface area contributed by atoms with Crippen molar-refractivity contribution in [3.63, 3.8) is 0 Å². The maximum atomic E-state index is 12.3. The lowest BCUT2D eigenvalue weighted by molar-refractivity contribution is 0.0789. The van der Waals surface area contributed by atoms with Crippen LogP contribution in [0.4, 0.5) is 0 Å². The first-order valence-electron chi connectivity index (χ1n) is 7.63. The first-order valence-corrected chi connectivity index (χ1v) is 7.63.